The summed E-state index contributed by atoms with van der Waals surface area (Å²) in [6.07, 6.45) is 8.18. The zero-order valence-electron chi connectivity index (χ0n) is 13.1. The molecule has 1 heterocycles. The minimum absolute atomic E-state index is 0.00267. The highest BCUT2D eigenvalue weighted by molar-refractivity contribution is 5.76. The van der Waals surface area contributed by atoms with Crippen molar-refractivity contribution in [3.05, 3.63) is 30.1 Å². The largest absolute Gasteiger partial charge is 0.388 e. The first-order valence-corrected chi connectivity index (χ1v) is 7.77. The molecule has 0 bridgehead atoms. The number of aryl methyl sites for hydroxylation is 1. The van der Waals surface area contributed by atoms with Crippen molar-refractivity contribution in [2.75, 3.05) is 6.54 Å². The molecule has 4 nitrogen and oxygen atoms in total. The number of pyridine rings is 1. The van der Waals surface area contributed by atoms with E-state index in [1.807, 2.05) is 12.1 Å². The second-order valence-corrected chi connectivity index (χ2v) is 7.03. The number of aliphatic hydroxyl groups is 1. The summed E-state index contributed by atoms with van der Waals surface area (Å²) in [5.74, 6) is -0.00267. The fraction of sp³-hybridized carbons (Fsp3) is 0.647. The zero-order valence-corrected chi connectivity index (χ0v) is 13.1. The lowest BCUT2D eigenvalue weighted by Crippen LogP contribution is -2.46. The van der Waals surface area contributed by atoms with Crippen LogP contribution < -0.4 is 5.32 Å². The van der Waals surface area contributed by atoms with Gasteiger partial charge < -0.3 is 10.4 Å². The van der Waals surface area contributed by atoms with Crippen LogP contribution in [-0.4, -0.2) is 28.1 Å². The average molecular weight is 290 g/mol. The van der Waals surface area contributed by atoms with Crippen molar-refractivity contribution in [3.63, 3.8) is 0 Å². The molecule has 0 aliphatic heterocycles. The molecule has 0 aromatic carbocycles. The molecule has 1 aliphatic carbocycles. The Morgan fingerprint density at radius 1 is 1.33 bits per heavy atom. The van der Waals surface area contributed by atoms with Crippen LogP contribution >= 0.6 is 0 Å². The third-order valence-corrected chi connectivity index (χ3v) is 4.51. The highest BCUT2D eigenvalue weighted by Gasteiger charge is 2.36. The number of carbonyl (C=O) groups is 1. The zero-order chi connectivity index (χ0) is 15.3. The molecule has 2 rings (SSSR count). The van der Waals surface area contributed by atoms with Gasteiger partial charge in [-0.05, 0) is 49.1 Å². The topological polar surface area (TPSA) is 62.2 Å². The van der Waals surface area contributed by atoms with Crippen molar-refractivity contribution in [1.82, 2.24) is 10.3 Å². The summed E-state index contributed by atoms with van der Waals surface area (Å²) in [5, 5.41) is 13.4. The van der Waals surface area contributed by atoms with E-state index in [0.29, 0.717) is 24.8 Å². The van der Waals surface area contributed by atoms with E-state index in [1.54, 1.807) is 12.4 Å². The summed E-state index contributed by atoms with van der Waals surface area (Å²) in [4.78, 5) is 15.9. The molecule has 0 atom stereocenters. The second-order valence-electron chi connectivity index (χ2n) is 7.03. The quantitative estimate of drug-likeness (QED) is 0.875. The van der Waals surface area contributed by atoms with E-state index in [9.17, 15) is 9.90 Å². The highest BCUT2D eigenvalue weighted by Crippen LogP contribution is 2.39. The van der Waals surface area contributed by atoms with E-state index in [0.717, 1.165) is 31.2 Å². The molecule has 0 unspecified atom stereocenters. The summed E-state index contributed by atoms with van der Waals surface area (Å²) in [5.41, 5.74) is 0.654. The Hall–Kier alpha value is -1.42. The second kappa shape index (κ2) is 6.56. The van der Waals surface area contributed by atoms with E-state index in [1.165, 1.54) is 0 Å². The fourth-order valence-electron chi connectivity index (χ4n) is 2.72. The normalized spacial score (nSPS) is 20.0. The number of nitrogens with one attached hydrogen (secondary N) is 1. The van der Waals surface area contributed by atoms with Crippen molar-refractivity contribution < 1.29 is 9.90 Å². The number of aromatic nitrogens is 1. The Morgan fingerprint density at radius 3 is 2.67 bits per heavy atom. The number of amides is 1. The van der Waals surface area contributed by atoms with Gasteiger partial charge in [0, 0.05) is 25.4 Å². The van der Waals surface area contributed by atoms with Crippen LogP contribution in [0.3, 0.4) is 0 Å². The highest BCUT2D eigenvalue weighted by atomic mass is 16.3. The first kappa shape index (κ1) is 16.0. The standard InChI is InChI=1S/C17H26N2O2/c1-16(2)7-9-17(21,10-8-16)13-19-15(20)6-5-14-4-3-11-18-12-14/h3-4,11-12,21H,5-10,13H2,1-2H3,(H,19,20). The Morgan fingerprint density at radius 2 is 2.05 bits per heavy atom. The maximum absolute atomic E-state index is 11.9. The SMILES string of the molecule is CC1(C)CCC(O)(CNC(=O)CCc2cccnc2)CC1. The first-order chi connectivity index (χ1) is 9.89. The van der Waals surface area contributed by atoms with E-state index in [-0.39, 0.29) is 5.91 Å². The van der Waals surface area contributed by atoms with Gasteiger partial charge in [-0.15, -0.1) is 0 Å². The molecule has 1 fully saturated rings. The first-order valence-electron chi connectivity index (χ1n) is 7.77. The molecule has 1 aromatic heterocycles. The monoisotopic (exact) mass is 290 g/mol. The van der Waals surface area contributed by atoms with Crippen LogP contribution in [0, 0.1) is 5.41 Å². The van der Waals surface area contributed by atoms with Gasteiger partial charge >= 0.3 is 0 Å². The molecular weight excluding hydrogens is 264 g/mol. The third kappa shape index (κ3) is 5.12. The molecule has 1 amide bonds. The summed E-state index contributed by atoms with van der Waals surface area (Å²) in [6.45, 7) is 4.84. The number of rotatable bonds is 5. The molecule has 0 radical (unpaired) electrons. The predicted molar refractivity (Wildman–Crippen MR) is 82.8 cm³/mol. The van der Waals surface area contributed by atoms with Crippen LogP contribution in [0.15, 0.2) is 24.5 Å². The molecule has 2 N–H and O–H groups in total. The van der Waals surface area contributed by atoms with Crippen LogP contribution in [0.4, 0.5) is 0 Å². The molecular formula is C17H26N2O2. The van der Waals surface area contributed by atoms with Gasteiger partial charge in [-0.3, -0.25) is 9.78 Å². The van der Waals surface area contributed by atoms with Gasteiger partial charge in [0.1, 0.15) is 0 Å². The minimum atomic E-state index is -0.723. The molecule has 0 spiro atoms. The lowest BCUT2D eigenvalue weighted by Gasteiger charge is -2.40. The third-order valence-electron chi connectivity index (χ3n) is 4.51. The van der Waals surface area contributed by atoms with Gasteiger partial charge in [-0.25, -0.2) is 0 Å². The predicted octanol–water partition coefficient (Wildman–Crippen LogP) is 2.46. The van der Waals surface area contributed by atoms with Gasteiger partial charge in [0.2, 0.25) is 5.91 Å². The van der Waals surface area contributed by atoms with Crippen LogP contribution in [0.2, 0.25) is 0 Å². The van der Waals surface area contributed by atoms with Crippen molar-refractivity contribution in [2.24, 2.45) is 5.41 Å². The van der Waals surface area contributed by atoms with E-state index >= 15 is 0 Å². The number of nitrogens with zero attached hydrogens (tertiary/aromatic N) is 1. The summed E-state index contributed by atoms with van der Waals surface area (Å²) in [6, 6.07) is 3.84. The molecule has 0 saturated heterocycles. The summed E-state index contributed by atoms with van der Waals surface area (Å²) < 4.78 is 0. The van der Waals surface area contributed by atoms with Crippen LogP contribution in [0.25, 0.3) is 0 Å². The maximum atomic E-state index is 11.9. The van der Waals surface area contributed by atoms with Crippen LogP contribution in [0.5, 0.6) is 0 Å². The van der Waals surface area contributed by atoms with Crippen molar-refractivity contribution >= 4 is 5.91 Å². The van der Waals surface area contributed by atoms with E-state index in [2.05, 4.69) is 24.1 Å². The smallest absolute Gasteiger partial charge is 0.220 e. The Labute approximate surface area is 127 Å². The van der Waals surface area contributed by atoms with Gasteiger partial charge in [0.15, 0.2) is 0 Å². The minimum Gasteiger partial charge on any atom is -0.388 e. The van der Waals surface area contributed by atoms with Crippen molar-refractivity contribution in [3.8, 4) is 0 Å². The van der Waals surface area contributed by atoms with Gasteiger partial charge in [0.25, 0.3) is 0 Å². The molecule has 1 aliphatic rings. The molecule has 116 valence electrons. The molecule has 4 heteroatoms. The number of hydrogen-bond donors (Lipinski definition) is 2. The average Bonchev–Trinajstić information content (AvgIpc) is 2.48. The molecule has 1 saturated carbocycles. The lowest BCUT2D eigenvalue weighted by atomic mass is 9.71. The van der Waals surface area contributed by atoms with Gasteiger partial charge in [-0.1, -0.05) is 19.9 Å². The lowest BCUT2D eigenvalue weighted by molar-refractivity contribution is -0.123. The van der Waals surface area contributed by atoms with Crippen LogP contribution in [0.1, 0.15) is 51.5 Å². The van der Waals surface area contributed by atoms with Gasteiger partial charge in [0.05, 0.1) is 5.60 Å². The van der Waals surface area contributed by atoms with Crippen molar-refractivity contribution in [1.29, 1.82) is 0 Å². The fourth-order valence-corrected chi connectivity index (χ4v) is 2.72. The summed E-state index contributed by atoms with van der Waals surface area (Å²) >= 11 is 0. The Bertz CT molecular complexity index is 461. The summed E-state index contributed by atoms with van der Waals surface area (Å²) in [7, 11) is 0. The van der Waals surface area contributed by atoms with Crippen LogP contribution in [-0.2, 0) is 11.2 Å². The molecule has 1 aromatic rings. The van der Waals surface area contributed by atoms with E-state index < -0.39 is 5.60 Å². The number of carbonyl (C=O) groups excluding carboxylic acids is 1. The Balaban J connectivity index is 1.71. The maximum Gasteiger partial charge on any atom is 0.220 e. The van der Waals surface area contributed by atoms with Crippen molar-refractivity contribution in [2.45, 2.75) is 58.0 Å². The van der Waals surface area contributed by atoms with E-state index in [4.69, 9.17) is 0 Å². The van der Waals surface area contributed by atoms with Gasteiger partial charge in [-0.2, -0.15) is 0 Å². The number of hydrogen-bond acceptors (Lipinski definition) is 3. The Kier molecular flexibility index (Phi) is 4.99. The molecule has 21 heavy (non-hydrogen) atoms.